The summed E-state index contributed by atoms with van der Waals surface area (Å²) < 4.78 is 60.7. The Hall–Kier alpha value is -6.90. The summed E-state index contributed by atoms with van der Waals surface area (Å²) in [6.45, 7) is 0. The van der Waals surface area contributed by atoms with Gasteiger partial charge in [-0.3, -0.25) is 0 Å². The van der Waals surface area contributed by atoms with Crippen molar-refractivity contribution in [1.82, 2.24) is 0 Å². The molecule has 1 fully saturated rings. The molecule has 0 radical (unpaired) electrons. The molecule has 6 nitrogen and oxygen atoms in total. The molecule has 2 aromatic carbocycles. The third-order valence-corrected chi connectivity index (χ3v) is 6.61. The summed E-state index contributed by atoms with van der Waals surface area (Å²) in [6, 6.07) is 21.3. The molecule has 2 aliphatic rings. The van der Waals surface area contributed by atoms with E-state index in [0.717, 1.165) is 0 Å². The van der Waals surface area contributed by atoms with E-state index in [9.17, 15) is 19.3 Å². The summed E-state index contributed by atoms with van der Waals surface area (Å²) in [4.78, 5) is 0. The maximum Gasteiger partial charge on any atom is 0.168 e. The number of allylic oxidation sites excluding steroid dienone is 8. The molecule has 0 N–H and O–H groups in total. The Morgan fingerprint density at radius 2 is 0.930 bits per heavy atom. The molecular weight excluding hydrogens is 556 g/mol. The van der Waals surface area contributed by atoms with Crippen molar-refractivity contribution in [3.05, 3.63) is 115 Å². The highest BCUT2D eigenvalue weighted by atomic mass is 19.2. The van der Waals surface area contributed by atoms with Gasteiger partial charge in [0.1, 0.15) is 53.0 Å². The number of halogens is 4. The second-order valence-corrected chi connectivity index (χ2v) is 8.77. The van der Waals surface area contributed by atoms with Gasteiger partial charge in [0.25, 0.3) is 0 Å². The maximum absolute atomic E-state index is 15.4. The minimum Gasteiger partial charge on any atom is -0.207 e. The van der Waals surface area contributed by atoms with E-state index in [1.54, 1.807) is 18.2 Å². The first-order chi connectivity index (χ1) is 20.7. The molecule has 0 heterocycles. The van der Waals surface area contributed by atoms with E-state index in [1.807, 2.05) is 6.07 Å². The quantitative estimate of drug-likeness (QED) is 0.295. The van der Waals surface area contributed by atoms with Gasteiger partial charge in [0, 0.05) is 16.0 Å². The van der Waals surface area contributed by atoms with Crippen LogP contribution < -0.4 is 20.9 Å². The van der Waals surface area contributed by atoms with Crippen LogP contribution in [0, 0.1) is 86.2 Å². The molecule has 43 heavy (non-hydrogen) atoms. The molecule has 0 atom stereocenters. The molecule has 0 unspecified atom stereocenters. The fraction of sp³-hybridized carbons (Fsp3) is 0.0303. The highest BCUT2D eigenvalue weighted by Crippen LogP contribution is 2.54. The maximum atomic E-state index is 15.4. The van der Waals surface area contributed by atoms with Crippen molar-refractivity contribution in [1.29, 1.82) is 31.6 Å². The molecule has 4 rings (SSSR count). The summed E-state index contributed by atoms with van der Waals surface area (Å²) in [5.74, 6) is -7.99. The Morgan fingerprint density at radius 1 is 0.535 bits per heavy atom. The Kier molecular flexibility index (Phi) is 7.91. The first kappa shape index (κ1) is 29.1. The lowest BCUT2D eigenvalue weighted by Gasteiger charge is -2.20. The SMILES string of the molecule is C#CC(C#N)=c1ccc(=C2C(=c3ccc(=C(C#N)C#N)cc3)/C2=C(\C#N)C2C(F)=C(F)C(=C(C#N)C#N)C(F)=C2F)cc1. The average Bonchev–Trinajstić information content (AvgIpc) is 3.77. The van der Waals surface area contributed by atoms with Crippen LogP contribution in [0.15, 0.2) is 94.1 Å². The lowest BCUT2D eigenvalue weighted by Crippen LogP contribution is -2.15. The highest BCUT2D eigenvalue weighted by molar-refractivity contribution is 6.29. The summed E-state index contributed by atoms with van der Waals surface area (Å²) in [5, 5.41) is 57.1. The Balaban J connectivity index is 2.13. The van der Waals surface area contributed by atoms with Crippen LogP contribution in [0.25, 0.3) is 22.3 Å². The number of benzene rings is 2. The Morgan fingerprint density at radius 3 is 1.28 bits per heavy atom. The second-order valence-electron chi connectivity index (χ2n) is 8.77. The van der Waals surface area contributed by atoms with Crippen LogP contribution in [0.5, 0.6) is 0 Å². The first-order valence-corrected chi connectivity index (χ1v) is 11.9. The van der Waals surface area contributed by atoms with Crippen LogP contribution in [0.1, 0.15) is 0 Å². The Bertz CT molecular complexity index is 2130. The predicted octanol–water partition coefficient (Wildman–Crippen LogP) is 3.30. The molecule has 0 aliphatic heterocycles. The van der Waals surface area contributed by atoms with E-state index in [1.165, 1.54) is 60.7 Å². The smallest absolute Gasteiger partial charge is 0.168 e. The van der Waals surface area contributed by atoms with Gasteiger partial charge in [-0.2, -0.15) is 31.6 Å². The van der Waals surface area contributed by atoms with E-state index in [0.29, 0.717) is 15.7 Å². The minimum absolute atomic E-state index is 0.0293. The highest BCUT2D eigenvalue weighted by Gasteiger charge is 2.45. The van der Waals surface area contributed by atoms with E-state index < -0.39 is 45.9 Å². The van der Waals surface area contributed by atoms with Crippen molar-refractivity contribution in [2.75, 3.05) is 0 Å². The zero-order chi connectivity index (χ0) is 31.4. The van der Waals surface area contributed by atoms with E-state index >= 15 is 8.78 Å². The van der Waals surface area contributed by atoms with Gasteiger partial charge in [-0.05, 0) is 21.6 Å². The van der Waals surface area contributed by atoms with Crippen molar-refractivity contribution < 1.29 is 17.6 Å². The number of nitrogens with zero attached hydrogens (tertiary/aromatic N) is 6. The van der Waals surface area contributed by atoms with Crippen molar-refractivity contribution >= 4 is 22.3 Å². The number of hydrogen-bond donors (Lipinski definition) is 0. The predicted molar refractivity (Wildman–Crippen MR) is 144 cm³/mol. The third-order valence-electron chi connectivity index (χ3n) is 6.61. The standard InChI is InChI=1S/C33H10F4N6/c1-2-17(11-38)18-3-7-20(8-4-18)25-26(21-9-5-19(6-10-21)22(12-39)13-40)28(25)24(16-43)29-32(36)30(34)27(23(14-41)15-42)31(35)33(29)37/h1,3-10,29H/b18-17?,25-20?,28-24+. The minimum atomic E-state index is -2.45. The van der Waals surface area contributed by atoms with Gasteiger partial charge in [0.05, 0.1) is 17.2 Å². The van der Waals surface area contributed by atoms with E-state index in [4.69, 9.17) is 27.5 Å². The summed E-state index contributed by atoms with van der Waals surface area (Å²) in [7, 11) is 0. The van der Waals surface area contributed by atoms with Gasteiger partial charge < -0.3 is 0 Å². The fourth-order valence-corrected chi connectivity index (χ4v) is 4.55. The molecule has 2 aliphatic carbocycles. The van der Waals surface area contributed by atoms with Gasteiger partial charge in [0.2, 0.25) is 0 Å². The zero-order valence-corrected chi connectivity index (χ0v) is 21.5. The van der Waals surface area contributed by atoms with Crippen molar-refractivity contribution in [3.63, 3.8) is 0 Å². The topological polar surface area (TPSA) is 143 Å². The number of hydrogen-bond acceptors (Lipinski definition) is 6. The third kappa shape index (κ3) is 4.84. The van der Waals surface area contributed by atoms with E-state index in [2.05, 4.69) is 5.92 Å². The molecule has 2 aromatic rings. The normalized spacial score (nSPS) is 16.4. The molecule has 10 heteroatoms. The van der Waals surface area contributed by atoms with Crippen LogP contribution in [0.4, 0.5) is 17.6 Å². The molecule has 0 bridgehead atoms. The molecular formula is C33H10F4N6. The van der Waals surface area contributed by atoms with Gasteiger partial charge in [-0.15, -0.1) is 6.42 Å². The molecule has 0 aromatic heterocycles. The van der Waals surface area contributed by atoms with Crippen molar-refractivity contribution in [2.24, 2.45) is 5.92 Å². The van der Waals surface area contributed by atoms with Crippen LogP contribution in [0.3, 0.4) is 0 Å². The summed E-state index contributed by atoms with van der Waals surface area (Å²) in [6.07, 6.45) is 5.35. The fourth-order valence-electron chi connectivity index (χ4n) is 4.55. The molecule has 0 spiro atoms. The lowest BCUT2D eigenvalue weighted by molar-refractivity contribution is 0.400. The van der Waals surface area contributed by atoms with Gasteiger partial charge in [-0.1, -0.05) is 54.5 Å². The van der Waals surface area contributed by atoms with Gasteiger partial charge in [0.15, 0.2) is 23.3 Å². The summed E-state index contributed by atoms with van der Waals surface area (Å²) >= 11 is 0. The van der Waals surface area contributed by atoms with E-state index in [-0.39, 0.29) is 33.1 Å². The monoisotopic (exact) mass is 566 g/mol. The van der Waals surface area contributed by atoms with Gasteiger partial charge in [-0.25, -0.2) is 17.6 Å². The number of terminal acetylenes is 1. The van der Waals surface area contributed by atoms with Crippen LogP contribution in [-0.4, -0.2) is 0 Å². The number of nitriles is 6. The molecule has 200 valence electrons. The van der Waals surface area contributed by atoms with Gasteiger partial charge >= 0.3 is 0 Å². The molecule has 0 amide bonds. The molecule has 0 saturated heterocycles. The largest absolute Gasteiger partial charge is 0.207 e. The molecule has 1 saturated carbocycles. The zero-order valence-electron chi connectivity index (χ0n) is 21.5. The van der Waals surface area contributed by atoms with Crippen molar-refractivity contribution in [3.8, 4) is 48.8 Å². The lowest BCUT2D eigenvalue weighted by atomic mass is 9.87. The average molecular weight is 566 g/mol. The number of rotatable bonds is 1. The van der Waals surface area contributed by atoms with Crippen LogP contribution >= 0.6 is 0 Å². The van der Waals surface area contributed by atoms with Crippen molar-refractivity contribution in [2.45, 2.75) is 0 Å². The van der Waals surface area contributed by atoms with Crippen LogP contribution in [-0.2, 0) is 0 Å². The second kappa shape index (κ2) is 11.7. The van der Waals surface area contributed by atoms with Crippen LogP contribution in [0.2, 0.25) is 0 Å². The first-order valence-electron chi connectivity index (χ1n) is 11.9. The Labute approximate surface area is 241 Å². The summed E-state index contributed by atoms with van der Waals surface area (Å²) in [5.41, 5.74) is -2.96.